The van der Waals surface area contributed by atoms with Crippen molar-refractivity contribution in [1.82, 2.24) is 4.98 Å². The van der Waals surface area contributed by atoms with E-state index in [1.165, 1.54) is 0 Å². The largest absolute Gasteiger partial charge is 0.387 e. The van der Waals surface area contributed by atoms with Crippen molar-refractivity contribution < 1.29 is 9.84 Å². The summed E-state index contributed by atoms with van der Waals surface area (Å²) in [5, 5.41) is 10.4. The number of pyridine rings is 1. The summed E-state index contributed by atoms with van der Waals surface area (Å²) in [4.78, 5) is 3.95. The van der Waals surface area contributed by atoms with E-state index in [9.17, 15) is 5.11 Å². The van der Waals surface area contributed by atoms with E-state index in [0.29, 0.717) is 13.0 Å². The number of rotatable bonds is 5. The molecule has 0 saturated heterocycles. The first-order valence-electron chi connectivity index (χ1n) is 5.18. The maximum absolute atomic E-state index is 10.4. The summed E-state index contributed by atoms with van der Waals surface area (Å²) in [6.07, 6.45) is 4.08. The molecule has 0 aromatic carbocycles. The standard InChI is InChI=1S/C12H19NO2/c1-10(2)12(14,9-15-3)8-11-4-6-13-7-5-11/h4-7,10,14H,8-9H2,1-3H3. The molecule has 0 radical (unpaired) electrons. The zero-order valence-electron chi connectivity index (χ0n) is 9.60. The van der Waals surface area contributed by atoms with Crippen LogP contribution in [0.15, 0.2) is 24.5 Å². The molecule has 1 N–H and O–H groups in total. The molecular formula is C12H19NO2. The Labute approximate surface area is 91.1 Å². The minimum atomic E-state index is -0.796. The van der Waals surface area contributed by atoms with Gasteiger partial charge in [-0.25, -0.2) is 0 Å². The highest BCUT2D eigenvalue weighted by Gasteiger charge is 2.31. The Morgan fingerprint density at radius 1 is 1.40 bits per heavy atom. The lowest BCUT2D eigenvalue weighted by molar-refractivity contribution is -0.0637. The van der Waals surface area contributed by atoms with E-state index in [4.69, 9.17) is 4.74 Å². The third kappa shape index (κ3) is 3.29. The van der Waals surface area contributed by atoms with Crippen molar-refractivity contribution in [3.63, 3.8) is 0 Å². The highest BCUT2D eigenvalue weighted by molar-refractivity contribution is 5.13. The van der Waals surface area contributed by atoms with Crippen LogP contribution in [0.1, 0.15) is 19.4 Å². The smallest absolute Gasteiger partial charge is 0.0942 e. The molecule has 0 aliphatic carbocycles. The van der Waals surface area contributed by atoms with Gasteiger partial charge in [0.2, 0.25) is 0 Å². The van der Waals surface area contributed by atoms with Crippen LogP contribution in [0.2, 0.25) is 0 Å². The molecule has 1 heterocycles. The first kappa shape index (κ1) is 12.1. The van der Waals surface area contributed by atoms with Gasteiger partial charge >= 0.3 is 0 Å². The molecule has 1 aromatic heterocycles. The van der Waals surface area contributed by atoms with Gasteiger partial charge in [0.05, 0.1) is 12.2 Å². The van der Waals surface area contributed by atoms with E-state index in [1.807, 2.05) is 26.0 Å². The minimum absolute atomic E-state index is 0.158. The molecule has 15 heavy (non-hydrogen) atoms. The van der Waals surface area contributed by atoms with Gasteiger partial charge in [-0.3, -0.25) is 4.98 Å². The van der Waals surface area contributed by atoms with E-state index in [0.717, 1.165) is 5.56 Å². The lowest BCUT2D eigenvalue weighted by Gasteiger charge is -2.31. The Morgan fingerprint density at radius 2 is 2.00 bits per heavy atom. The molecule has 1 aromatic rings. The van der Waals surface area contributed by atoms with Crippen LogP contribution in [0.3, 0.4) is 0 Å². The number of hydrogen-bond acceptors (Lipinski definition) is 3. The predicted molar refractivity (Wildman–Crippen MR) is 59.6 cm³/mol. The van der Waals surface area contributed by atoms with Crippen molar-refractivity contribution in [2.24, 2.45) is 5.92 Å². The summed E-state index contributed by atoms with van der Waals surface area (Å²) in [6.45, 7) is 4.35. The summed E-state index contributed by atoms with van der Waals surface area (Å²) in [7, 11) is 1.61. The Balaban J connectivity index is 2.75. The van der Waals surface area contributed by atoms with Crippen LogP contribution in [-0.2, 0) is 11.2 Å². The van der Waals surface area contributed by atoms with Crippen LogP contribution in [0.25, 0.3) is 0 Å². The molecule has 3 heteroatoms. The van der Waals surface area contributed by atoms with Crippen LogP contribution in [0.5, 0.6) is 0 Å². The van der Waals surface area contributed by atoms with Gasteiger partial charge in [-0.2, -0.15) is 0 Å². The molecule has 1 unspecified atom stereocenters. The maximum Gasteiger partial charge on any atom is 0.0942 e. The van der Waals surface area contributed by atoms with Gasteiger partial charge in [0, 0.05) is 25.9 Å². The second-order valence-electron chi connectivity index (χ2n) is 4.22. The number of ether oxygens (including phenoxy) is 1. The van der Waals surface area contributed by atoms with Gasteiger partial charge in [0.15, 0.2) is 0 Å². The van der Waals surface area contributed by atoms with Gasteiger partial charge in [-0.05, 0) is 23.6 Å². The molecule has 0 amide bonds. The average molecular weight is 209 g/mol. The second kappa shape index (κ2) is 5.24. The van der Waals surface area contributed by atoms with Gasteiger partial charge in [-0.1, -0.05) is 13.8 Å². The van der Waals surface area contributed by atoms with Gasteiger partial charge < -0.3 is 9.84 Å². The zero-order valence-corrected chi connectivity index (χ0v) is 9.60. The Kier molecular flexibility index (Phi) is 4.24. The molecule has 1 atom stereocenters. The molecule has 3 nitrogen and oxygen atoms in total. The van der Waals surface area contributed by atoms with Crippen molar-refractivity contribution in [2.45, 2.75) is 25.9 Å². The Hall–Kier alpha value is -0.930. The van der Waals surface area contributed by atoms with Gasteiger partial charge in [0.25, 0.3) is 0 Å². The normalized spacial score (nSPS) is 15.3. The van der Waals surface area contributed by atoms with Crippen LogP contribution in [0, 0.1) is 5.92 Å². The molecule has 0 aliphatic heterocycles. The number of aromatic nitrogens is 1. The minimum Gasteiger partial charge on any atom is -0.387 e. The summed E-state index contributed by atoms with van der Waals surface area (Å²) < 4.78 is 5.07. The predicted octanol–water partition coefficient (Wildman–Crippen LogP) is 1.66. The van der Waals surface area contributed by atoms with Gasteiger partial charge in [0.1, 0.15) is 0 Å². The Bertz CT molecular complexity index is 287. The highest BCUT2D eigenvalue weighted by atomic mass is 16.5. The van der Waals surface area contributed by atoms with Crippen LogP contribution < -0.4 is 0 Å². The lowest BCUT2D eigenvalue weighted by atomic mass is 9.85. The van der Waals surface area contributed by atoms with Crippen molar-refractivity contribution in [3.05, 3.63) is 30.1 Å². The number of hydrogen-bond donors (Lipinski definition) is 1. The fourth-order valence-corrected chi connectivity index (χ4v) is 1.53. The quantitative estimate of drug-likeness (QED) is 0.802. The van der Waals surface area contributed by atoms with Crippen molar-refractivity contribution >= 4 is 0 Å². The number of nitrogens with zero attached hydrogens (tertiary/aromatic N) is 1. The van der Waals surface area contributed by atoms with E-state index in [2.05, 4.69) is 4.98 Å². The molecule has 0 bridgehead atoms. The Morgan fingerprint density at radius 3 is 2.47 bits per heavy atom. The molecular weight excluding hydrogens is 190 g/mol. The summed E-state index contributed by atoms with van der Waals surface area (Å²) in [6, 6.07) is 3.84. The van der Waals surface area contributed by atoms with E-state index < -0.39 is 5.60 Å². The maximum atomic E-state index is 10.4. The van der Waals surface area contributed by atoms with E-state index >= 15 is 0 Å². The van der Waals surface area contributed by atoms with Crippen molar-refractivity contribution in [2.75, 3.05) is 13.7 Å². The first-order chi connectivity index (χ1) is 7.08. The third-order valence-corrected chi connectivity index (χ3v) is 2.73. The van der Waals surface area contributed by atoms with Gasteiger partial charge in [-0.15, -0.1) is 0 Å². The number of methoxy groups -OCH3 is 1. The summed E-state index contributed by atoms with van der Waals surface area (Å²) in [5.41, 5.74) is 0.286. The number of aliphatic hydroxyl groups is 1. The molecule has 0 aliphatic rings. The fraction of sp³-hybridized carbons (Fsp3) is 0.583. The van der Waals surface area contributed by atoms with Crippen molar-refractivity contribution in [1.29, 1.82) is 0 Å². The van der Waals surface area contributed by atoms with E-state index in [1.54, 1.807) is 19.5 Å². The summed E-state index contributed by atoms with van der Waals surface area (Å²) in [5.74, 6) is 0.158. The molecule has 84 valence electrons. The van der Waals surface area contributed by atoms with Crippen LogP contribution in [-0.4, -0.2) is 29.4 Å². The van der Waals surface area contributed by atoms with Crippen LogP contribution in [0.4, 0.5) is 0 Å². The molecule has 0 spiro atoms. The third-order valence-electron chi connectivity index (χ3n) is 2.73. The van der Waals surface area contributed by atoms with Crippen molar-refractivity contribution in [3.8, 4) is 0 Å². The second-order valence-corrected chi connectivity index (χ2v) is 4.22. The van der Waals surface area contributed by atoms with Crippen LogP contribution >= 0.6 is 0 Å². The SMILES string of the molecule is COCC(O)(Cc1ccncc1)C(C)C. The highest BCUT2D eigenvalue weighted by Crippen LogP contribution is 2.22. The lowest BCUT2D eigenvalue weighted by Crippen LogP contribution is -2.42. The average Bonchev–Trinajstić information content (AvgIpc) is 2.19. The summed E-state index contributed by atoms with van der Waals surface area (Å²) >= 11 is 0. The molecule has 0 fully saturated rings. The molecule has 0 saturated carbocycles. The molecule has 1 rings (SSSR count). The zero-order chi connectivity index (χ0) is 11.3. The van der Waals surface area contributed by atoms with E-state index in [-0.39, 0.29) is 5.92 Å². The fourth-order valence-electron chi connectivity index (χ4n) is 1.53. The topological polar surface area (TPSA) is 42.4 Å². The monoisotopic (exact) mass is 209 g/mol. The first-order valence-corrected chi connectivity index (χ1v) is 5.18.